The van der Waals surface area contributed by atoms with E-state index in [0.717, 1.165) is 24.8 Å². The molecule has 2 N–H and O–H groups in total. The molecular formula is C27H35N5O3. The topological polar surface area (TPSA) is 94.6 Å². The maximum atomic E-state index is 13.2. The second kappa shape index (κ2) is 10.2. The van der Waals surface area contributed by atoms with Gasteiger partial charge in [-0.25, -0.2) is 0 Å². The van der Waals surface area contributed by atoms with E-state index in [1.165, 1.54) is 4.90 Å². The van der Waals surface area contributed by atoms with Crippen LogP contribution in [0.15, 0.2) is 42.7 Å². The van der Waals surface area contributed by atoms with E-state index >= 15 is 0 Å². The van der Waals surface area contributed by atoms with Crippen molar-refractivity contribution in [1.82, 2.24) is 15.6 Å². The van der Waals surface area contributed by atoms with Crippen molar-refractivity contribution >= 4 is 29.1 Å². The van der Waals surface area contributed by atoms with Gasteiger partial charge in [0.1, 0.15) is 6.54 Å². The molecule has 1 unspecified atom stereocenters. The summed E-state index contributed by atoms with van der Waals surface area (Å²) in [4.78, 5) is 46.8. The molecule has 1 aliphatic heterocycles. The first-order valence-electron chi connectivity index (χ1n) is 12.3. The van der Waals surface area contributed by atoms with E-state index in [0.29, 0.717) is 23.5 Å². The van der Waals surface area contributed by atoms with Gasteiger partial charge < -0.3 is 15.5 Å². The number of nitrogens with zero attached hydrogens (tertiary/aromatic N) is 3. The number of carbonyl (C=O) groups is 3. The molecule has 2 heterocycles. The molecule has 1 atom stereocenters. The van der Waals surface area contributed by atoms with Crippen molar-refractivity contribution in [3.8, 4) is 0 Å². The Hall–Kier alpha value is -3.26. The van der Waals surface area contributed by atoms with Gasteiger partial charge in [-0.1, -0.05) is 26.8 Å². The number of fused-ring (bicyclic) bond motifs is 1. The number of rotatable bonds is 7. The number of pyridine rings is 1. The lowest BCUT2D eigenvalue weighted by molar-refractivity contribution is -0.123. The molecule has 0 spiro atoms. The van der Waals surface area contributed by atoms with Gasteiger partial charge in [0.15, 0.2) is 0 Å². The Balaban J connectivity index is 1.59. The van der Waals surface area contributed by atoms with Crippen LogP contribution in [-0.4, -0.2) is 48.4 Å². The maximum Gasteiger partial charge on any atom is 0.251 e. The molecule has 1 fully saturated rings. The van der Waals surface area contributed by atoms with E-state index in [9.17, 15) is 14.4 Å². The molecule has 1 saturated carbocycles. The monoisotopic (exact) mass is 477 g/mol. The second-order valence-electron chi connectivity index (χ2n) is 10.7. The zero-order chi connectivity index (χ0) is 25.2. The van der Waals surface area contributed by atoms with Crippen molar-refractivity contribution in [3.63, 3.8) is 0 Å². The van der Waals surface area contributed by atoms with Crippen LogP contribution in [0.25, 0.3) is 0 Å². The van der Waals surface area contributed by atoms with E-state index in [-0.39, 0.29) is 48.3 Å². The Kier molecular flexibility index (Phi) is 7.21. The Morgan fingerprint density at radius 3 is 2.57 bits per heavy atom. The summed E-state index contributed by atoms with van der Waals surface area (Å²) in [5, 5.41) is 6.21. The van der Waals surface area contributed by atoms with Gasteiger partial charge in [-0.05, 0) is 61.4 Å². The molecule has 1 aromatic carbocycles. The summed E-state index contributed by atoms with van der Waals surface area (Å²) in [7, 11) is 0. The molecule has 8 nitrogen and oxygen atoms in total. The first-order chi connectivity index (χ1) is 16.6. The summed E-state index contributed by atoms with van der Waals surface area (Å²) in [5.41, 5.74) is 2.70. The first-order valence-corrected chi connectivity index (χ1v) is 12.3. The minimum atomic E-state index is -0.241. The molecular weight excluding hydrogens is 442 g/mol. The highest BCUT2D eigenvalue weighted by Gasteiger charge is 2.38. The van der Waals surface area contributed by atoms with E-state index < -0.39 is 0 Å². The Bertz CT molecular complexity index is 1090. The number of nitrogens with one attached hydrogen (secondary N) is 2. The van der Waals surface area contributed by atoms with Crippen LogP contribution in [0.3, 0.4) is 0 Å². The van der Waals surface area contributed by atoms with Crippen molar-refractivity contribution in [2.24, 2.45) is 5.41 Å². The van der Waals surface area contributed by atoms with Crippen LogP contribution in [0.5, 0.6) is 0 Å². The molecule has 35 heavy (non-hydrogen) atoms. The third-order valence-electron chi connectivity index (χ3n) is 6.55. The van der Waals surface area contributed by atoms with Gasteiger partial charge in [-0.3, -0.25) is 24.3 Å². The van der Waals surface area contributed by atoms with E-state index in [4.69, 9.17) is 0 Å². The normalized spacial score (nSPS) is 17.0. The molecule has 2 aliphatic rings. The van der Waals surface area contributed by atoms with E-state index in [1.807, 2.05) is 24.0 Å². The lowest BCUT2D eigenvalue weighted by atomic mass is 9.90. The van der Waals surface area contributed by atoms with E-state index in [1.54, 1.807) is 30.6 Å². The quantitative estimate of drug-likeness (QED) is 0.637. The van der Waals surface area contributed by atoms with Crippen LogP contribution in [0, 0.1) is 5.41 Å². The molecule has 186 valence electrons. The molecule has 0 radical (unpaired) electrons. The highest BCUT2D eigenvalue weighted by Crippen LogP contribution is 2.40. The van der Waals surface area contributed by atoms with Crippen LogP contribution in [-0.2, 0) is 9.59 Å². The first kappa shape index (κ1) is 24.9. The van der Waals surface area contributed by atoms with Crippen LogP contribution in [0.2, 0.25) is 0 Å². The fraction of sp³-hybridized carbons (Fsp3) is 0.481. The highest BCUT2D eigenvalue weighted by atomic mass is 16.2. The highest BCUT2D eigenvalue weighted by molar-refractivity contribution is 6.13. The second-order valence-corrected chi connectivity index (χ2v) is 10.7. The summed E-state index contributed by atoms with van der Waals surface area (Å²) in [6, 6.07) is 8.95. The Labute approximate surface area is 207 Å². The molecule has 0 saturated heterocycles. The molecule has 8 heteroatoms. The molecule has 1 aliphatic carbocycles. The van der Waals surface area contributed by atoms with Crippen molar-refractivity contribution < 1.29 is 14.4 Å². The third-order valence-corrected chi connectivity index (χ3v) is 6.55. The molecule has 3 amide bonds. The zero-order valence-corrected chi connectivity index (χ0v) is 21.0. The van der Waals surface area contributed by atoms with Crippen molar-refractivity contribution in [2.45, 2.75) is 59.0 Å². The number of aromatic nitrogens is 1. The van der Waals surface area contributed by atoms with Gasteiger partial charge in [0.25, 0.3) is 5.91 Å². The van der Waals surface area contributed by atoms with Gasteiger partial charge in [0, 0.05) is 30.5 Å². The fourth-order valence-electron chi connectivity index (χ4n) is 4.42. The molecule has 1 aromatic heterocycles. The standard InChI is InChI=1S/C27H35N5O3/c1-18(20-7-6-12-28-14-20)30-26(35)19-10-11-22-23(13-19)31(24(33)15-29-17-27(2,3)4)16-25(34)32(22)21-8-5-9-21/h6-7,10-14,18,21,29H,5,8-9,15-17H2,1-4H3,(H,30,35). The number of hydrogen-bond donors (Lipinski definition) is 2. The average Bonchev–Trinajstić information content (AvgIpc) is 2.78. The number of amides is 3. The summed E-state index contributed by atoms with van der Waals surface area (Å²) in [6.45, 7) is 8.98. The molecule has 2 aromatic rings. The summed E-state index contributed by atoms with van der Waals surface area (Å²) in [5.74, 6) is -0.498. The predicted molar refractivity (Wildman–Crippen MR) is 136 cm³/mol. The lowest BCUT2D eigenvalue weighted by Gasteiger charge is -2.43. The number of benzene rings is 1. The number of anilines is 2. The summed E-state index contributed by atoms with van der Waals surface area (Å²) in [6.07, 6.45) is 6.42. The van der Waals surface area contributed by atoms with Gasteiger partial charge in [0.05, 0.1) is 24.0 Å². The van der Waals surface area contributed by atoms with Crippen molar-refractivity contribution in [1.29, 1.82) is 0 Å². The molecule has 4 rings (SSSR count). The Morgan fingerprint density at radius 1 is 1.17 bits per heavy atom. The predicted octanol–water partition coefficient (Wildman–Crippen LogP) is 3.44. The number of carbonyl (C=O) groups excluding carboxylic acids is 3. The van der Waals surface area contributed by atoms with Gasteiger partial charge in [0.2, 0.25) is 11.8 Å². The Morgan fingerprint density at radius 2 is 1.94 bits per heavy atom. The number of hydrogen-bond acceptors (Lipinski definition) is 5. The van der Waals surface area contributed by atoms with Crippen molar-refractivity contribution in [2.75, 3.05) is 29.4 Å². The summed E-state index contributed by atoms with van der Waals surface area (Å²) < 4.78 is 0. The SMILES string of the molecule is CC(NC(=O)c1ccc2c(c1)N(C(=O)CNCC(C)(C)C)CC(=O)N2C1CCC1)c1cccnc1. The van der Waals surface area contributed by atoms with Crippen molar-refractivity contribution in [3.05, 3.63) is 53.9 Å². The van der Waals surface area contributed by atoms with Crippen LogP contribution >= 0.6 is 0 Å². The molecule has 0 bridgehead atoms. The minimum absolute atomic E-state index is 0.0172. The van der Waals surface area contributed by atoms with Gasteiger partial charge >= 0.3 is 0 Å². The maximum absolute atomic E-state index is 13.2. The zero-order valence-electron chi connectivity index (χ0n) is 21.0. The van der Waals surface area contributed by atoms with Crippen LogP contribution in [0.4, 0.5) is 11.4 Å². The summed E-state index contributed by atoms with van der Waals surface area (Å²) >= 11 is 0. The van der Waals surface area contributed by atoms with Gasteiger partial charge in [-0.15, -0.1) is 0 Å². The smallest absolute Gasteiger partial charge is 0.251 e. The van der Waals surface area contributed by atoms with Gasteiger partial charge in [-0.2, -0.15) is 0 Å². The largest absolute Gasteiger partial charge is 0.345 e. The minimum Gasteiger partial charge on any atom is -0.345 e. The lowest BCUT2D eigenvalue weighted by Crippen LogP contribution is -2.55. The van der Waals surface area contributed by atoms with Crippen LogP contribution in [0.1, 0.15) is 68.9 Å². The average molecular weight is 478 g/mol. The third kappa shape index (κ3) is 5.70. The fourth-order valence-corrected chi connectivity index (χ4v) is 4.42. The van der Waals surface area contributed by atoms with E-state index in [2.05, 4.69) is 36.4 Å². The van der Waals surface area contributed by atoms with Crippen LogP contribution < -0.4 is 20.4 Å².